The second-order valence-corrected chi connectivity index (χ2v) is 8.22. The molecule has 0 radical (unpaired) electrons. The average Bonchev–Trinajstić information content (AvgIpc) is 2.73. The second kappa shape index (κ2) is 9.26. The summed E-state index contributed by atoms with van der Waals surface area (Å²) in [4.78, 5) is 10.9. The van der Waals surface area contributed by atoms with Crippen LogP contribution >= 0.6 is 7.60 Å². The number of rotatable bonds is 9. The lowest BCUT2D eigenvalue weighted by Gasteiger charge is -2.25. The van der Waals surface area contributed by atoms with Gasteiger partial charge in [-0.25, -0.2) is 4.57 Å². The maximum atomic E-state index is 14.0. The molecule has 0 aliphatic carbocycles. The van der Waals surface area contributed by atoms with Crippen LogP contribution in [-0.4, -0.2) is 18.6 Å². The molecule has 0 spiro atoms. The summed E-state index contributed by atoms with van der Waals surface area (Å²) in [6.45, 7) is -0.622. The van der Waals surface area contributed by atoms with Crippen LogP contribution in [0.15, 0.2) is 84.9 Å². The highest BCUT2D eigenvalue weighted by atomic mass is 31.2. The van der Waals surface area contributed by atoms with E-state index in [-0.39, 0.29) is 0 Å². The molecule has 7 nitrogen and oxygen atoms in total. The Hall–Kier alpha value is -3.31. The van der Waals surface area contributed by atoms with Gasteiger partial charge in [0.15, 0.2) is 5.66 Å². The summed E-state index contributed by atoms with van der Waals surface area (Å²) >= 11 is 0. The molecule has 0 unspecified atom stereocenters. The van der Waals surface area contributed by atoms with Gasteiger partial charge in [0.1, 0.15) is 17.2 Å². The molecule has 3 aromatic rings. The summed E-state index contributed by atoms with van der Waals surface area (Å²) in [5, 5.41) is 11.4. The number of nitrogens with zero attached hydrogens (tertiary/aromatic N) is 1. The molecule has 3 aromatic carbocycles. The van der Waals surface area contributed by atoms with Gasteiger partial charge in [-0.1, -0.05) is 48.5 Å². The quantitative estimate of drug-likeness (QED) is 0.266. The van der Waals surface area contributed by atoms with Crippen molar-refractivity contribution < 1.29 is 23.3 Å². The minimum atomic E-state index is -4.06. The zero-order valence-corrected chi connectivity index (χ0v) is 16.6. The van der Waals surface area contributed by atoms with Crippen LogP contribution in [-0.2, 0) is 4.57 Å². The molecule has 150 valence electrons. The smallest absolute Gasteiger partial charge is 0.444 e. The molecule has 0 heterocycles. The van der Waals surface area contributed by atoms with E-state index in [1.165, 1.54) is 7.11 Å². The third-order valence-electron chi connectivity index (χ3n) is 4.16. The second-order valence-electron chi connectivity index (χ2n) is 6.15. The van der Waals surface area contributed by atoms with Gasteiger partial charge in [-0.05, 0) is 42.0 Å². The van der Waals surface area contributed by atoms with Crippen LogP contribution in [0, 0.1) is 10.1 Å². The first-order chi connectivity index (χ1) is 14.0. The monoisotopic (exact) mass is 413 g/mol. The lowest BCUT2D eigenvalue weighted by Crippen LogP contribution is -2.18. The standard InChI is InChI=1S/C21H20NO6P/c1-26-18-14-12-17(13-15-18)21(16-22(23)24)29(25,27-19-8-4-2-5-9-19)28-20-10-6-3-7-11-20/h2-15,21H,16H2,1H3/t21-/m0/s1. The maximum Gasteiger partial charge on any atom is 0.444 e. The first-order valence-corrected chi connectivity index (χ1v) is 10.5. The molecule has 0 N–H and O–H groups in total. The van der Waals surface area contributed by atoms with Gasteiger partial charge in [0.05, 0.1) is 7.11 Å². The third kappa shape index (κ3) is 5.36. The van der Waals surface area contributed by atoms with E-state index in [9.17, 15) is 14.7 Å². The van der Waals surface area contributed by atoms with Crippen molar-refractivity contribution in [2.75, 3.05) is 13.7 Å². The topological polar surface area (TPSA) is 87.9 Å². The number of para-hydroxylation sites is 2. The van der Waals surface area contributed by atoms with E-state index in [1.807, 2.05) is 0 Å². The van der Waals surface area contributed by atoms with Gasteiger partial charge in [0.2, 0.25) is 6.54 Å². The first kappa shape index (κ1) is 20.4. The van der Waals surface area contributed by atoms with E-state index in [0.717, 1.165) is 0 Å². The Kier molecular flexibility index (Phi) is 6.52. The van der Waals surface area contributed by atoms with Crippen molar-refractivity contribution in [1.29, 1.82) is 0 Å². The highest BCUT2D eigenvalue weighted by molar-refractivity contribution is 7.55. The van der Waals surface area contributed by atoms with Crippen LogP contribution in [0.25, 0.3) is 0 Å². The van der Waals surface area contributed by atoms with Gasteiger partial charge < -0.3 is 13.8 Å². The summed E-state index contributed by atoms with van der Waals surface area (Å²) in [6.07, 6.45) is 0. The van der Waals surface area contributed by atoms with Gasteiger partial charge in [0.25, 0.3) is 0 Å². The molecule has 1 atom stereocenters. The minimum Gasteiger partial charge on any atom is -0.497 e. The molecule has 0 fully saturated rings. The average molecular weight is 413 g/mol. The normalized spacial score (nSPS) is 12.0. The number of methoxy groups -OCH3 is 1. The Bertz CT molecular complexity index is 934. The van der Waals surface area contributed by atoms with Crippen molar-refractivity contribution in [2.45, 2.75) is 5.66 Å². The van der Waals surface area contributed by atoms with Crippen LogP contribution in [0.5, 0.6) is 17.2 Å². The Balaban J connectivity index is 2.05. The minimum absolute atomic E-state index is 0.300. The van der Waals surface area contributed by atoms with E-state index in [4.69, 9.17) is 13.8 Å². The Morgan fingerprint density at radius 1 is 0.828 bits per heavy atom. The van der Waals surface area contributed by atoms with Crippen LogP contribution in [0.2, 0.25) is 0 Å². The van der Waals surface area contributed by atoms with E-state index >= 15 is 0 Å². The number of hydrogen-bond acceptors (Lipinski definition) is 6. The number of hydrogen-bond donors (Lipinski definition) is 0. The van der Waals surface area contributed by atoms with E-state index in [2.05, 4.69) is 0 Å². The fourth-order valence-electron chi connectivity index (χ4n) is 2.76. The van der Waals surface area contributed by atoms with E-state index < -0.39 is 24.7 Å². The zero-order chi connectivity index (χ0) is 20.7. The fraction of sp³-hybridized carbons (Fsp3) is 0.143. The molecule has 0 aliphatic heterocycles. The molecule has 0 saturated heterocycles. The van der Waals surface area contributed by atoms with Gasteiger partial charge in [-0.15, -0.1) is 0 Å². The largest absolute Gasteiger partial charge is 0.497 e. The summed E-state index contributed by atoms with van der Waals surface area (Å²) < 4.78 is 30.7. The molecular weight excluding hydrogens is 393 g/mol. The fourth-order valence-corrected chi connectivity index (χ4v) is 4.75. The molecule has 0 amide bonds. The molecular formula is C21H20NO6P. The van der Waals surface area contributed by atoms with Gasteiger partial charge in [-0.3, -0.25) is 10.1 Å². The van der Waals surface area contributed by atoms with Gasteiger partial charge >= 0.3 is 7.60 Å². The Morgan fingerprint density at radius 2 is 1.31 bits per heavy atom. The van der Waals surface area contributed by atoms with Crippen LogP contribution < -0.4 is 13.8 Å². The highest BCUT2D eigenvalue weighted by Crippen LogP contribution is 2.60. The SMILES string of the molecule is COc1ccc([C@H](C[N+](=O)[O-])P(=O)(Oc2ccccc2)Oc2ccccc2)cc1. The third-order valence-corrected chi connectivity index (χ3v) is 6.31. The maximum absolute atomic E-state index is 14.0. The lowest BCUT2D eigenvalue weighted by molar-refractivity contribution is -0.480. The first-order valence-electron chi connectivity index (χ1n) is 8.85. The zero-order valence-electron chi connectivity index (χ0n) is 15.7. The molecule has 8 heteroatoms. The van der Waals surface area contributed by atoms with Crippen molar-refractivity contribution in [3.63, 3.8) is 0 Å². The van der Waals surface area contributed by atoms with Crippen molar-refractivity contribution in [3.8, 4) is 17.2 Å². The molecule has 0 aromatic heterocycles. The van der Waals surface area contributed by atoms with Crippen molar-refractivity contribution in [2.24, 2.45) is 0 Å². The van der Waals surface area contributed by atoms with Gasteiger partial charge in [-0.2, -0.15) is 0 Å². The predicted molar refractivity (Wildman–Crippen MR) is 109 cm³/mol. The van der Waals surface area contributed by atoms with Crippen LogP contribution in [0.1, 0.15) is 11.2 Å². The summed E-state index contributed by atoms with van der Waals surface area (Å²) in [5.41, 5.74) is -0.665. The molecule has 0 bridgehead atoms. The van der Waals surface area contributed by atoms with Crippen LogP contribution in [0.4, 0.5) is 0 Å². The molecule has 0 saturated carbocycles. The number of nitro groups is 1. The van der Waals surface area contributed by atoms with Gasteiger partial charge in [0, 0.05) is 4.92 Å². The number of benzene rings is 3. The van der Waals surface area contributed by atoms with Crippen molar-refractivity contribution >= 4 is 7.60 Å². The van der Waals surface area contributed by atoms with Crippen molar-refractivity contribution in [1.82, 2.24) is 0 Å². The van der Waals surface area contributed by atoms with E-state index in [0.29, 0.717) is 22.8 Å². The summed E-state index contributed by atoms with van der Waals surface area (Å²) in [5.74, 6) is 1.18. The van der Waals surface area contributed by atoms with Crippen LogP contribution in [0.3, 0.4) is 0 Å². The Morgan fingerprint density at radius 3 is 1.72 bits per heavy atom. The Labute approximate surface area is 168 Å². The van der Waals surface area contributed by atoms with E-state index in [1.54, 1.807) is 84.9 Å². The molecule has 3 rings (SSSR count). The summed E-state index contributed by atoms with van der Waals surface area (Å²) in [6, 6.07) is 23.5. The molecule has 29 heavy (non-hydrogen) atoms. The summed E-state index contributed by atoms with van der Waals surface area (Å²) in [7, 11) is -2.54. The number of ether oxygens (including phenoxy) is 1. The highest BCUT2D eigenvalue weighted by Gasteiger charge is 2.44. The molecule has 0 aliphatic rings. The lowest BCUT2D eigenvalue weighted by atomic mass is 10.1. The predicted octanol–water partition coefficient (Wildman–Crippen LogP) is 5.36. The van der Waals surface area contributed by atoms with Crippen molar-refractivity contribution in [3.05, 3.63) is 101 Å².